The van der Waals surface area contributed by atoms with Gasteiger partial charge in [0.2, 0.25) is 15.9 Å². The molecule has 2 aromatic carbocycles. The lowest BCUT2D eigenvalue weighted by Gasteiger charge is -2.31. The zero-order valence-electron chi connectivity index (χ0n) is 19.0. The van der Waals surface area contributed by atoms with Crippen LogP contribution in [-0.4, -0.2) is 49.9 Å². The van der Waals surface area contributed by atoms with E-state index in [0.717, 1.165) is 11.6 Å². The molecule has 182 valence electrons. The van der Waals surface area contributed by atoms with Crippen LogP contribution in [0, 0.1) is 23.0 Å². The Morgan fingerprint density at radius 3 is 2.47 bits per heavy atom. The molecule has 34 heavy (non-hydrogen) atoms. The SMILES string of the molecule is Cc1ccc([N+](=O)[O-])cc1S(=O)(=O)N1CCC(C(=O)N[C@H](C)c2ccc3c(c2)OCCO3)CC1. The molecule has 0 aliphatic carbocycles. The molecular formula is C23H27N3O7S. The van der Waals surface area contributed by atoms with Gasteiger partial charge in [-0.05, 0) is 49.9 Å². The van der Waals surface area contributed by atoms with Crippen molar-refractivity contribution in [1.82, 2.24) is 9.62 Å². The van der Waals surface area contributed by atoms with Gasteiger partial charge in [0.25, 0.3) is 5.69 Å². The highest BCUT2D eigenvalue weighted by molar-refractivity contribution is 7.89. The first-order valence-corrected chi connectivity index (χ1v) is 12.6. The van der Waals surface area contributed by atoms with Crippen LogP contribution < -0.4 is 14.8 Å². The molecule has 1 atom stereocenters. The van der Waals surface area contributed by atoms with Crippen LogP contribution in [0.5, 0.6) is 11.5 Å². The molecule has 1 N–H and O–H groups in total. The van der Waals surface area contributed by atoms with Gasteiger partial charge in [-0.1, -0.05) is 12.1 Å². The van der Waals surface area contributed by atoms with Crippen molar-refractivity contribution >= 4 is 21.6 Å². The average Bonchev–Trinajstić information content (AvgIpc) is 2.83. The number of carbonyl (C=O) groups excluding carboxylic acids is 1. The summed E-state index contributed by atoms with van der Waals surface area (Å²) in [6.45, 7) is 4.81. The quantitative estimate of drug-likeness (QED) is 0.488. The topological polar surface area (TPSA) is 128 Å². The van der Waals surface area contributed by atoms with E-state index >= 15 is 0 Å². The van der Waals surface area contributed by atoms with Gasteiger partial charge in [0.15, 0.2) is 11.5 Å². The Bertz CT molecular complexity index is 1210. The number of nitro groups is 1. The molecule has 1 fully saturated rings. The van der Waals surface area contributed by atoms with Gasteiger partial charge in [0.1, 0.15) is 13.2 Å². The molecule has 2 aliphatic rings. The molecule has 1 amide bonds. The lowest BCUT2D eigenvalue weighted by molar-refractivity contribution is -0.385. The van der Waals surface area contributed by atoms with E-state index in [-0.39, 0.29) is 41.5 Å². The van der Waals surface area contributed by atoms with E-state index in [4.69, 9.17) is 9.47 Å². The highest BCUT2D eigenvalue weighted by Gasteiger charge is 2.34. The van der Waals surface area contributed by atoms with E-state index in [9.17, 15) is 23.3 Å². The smallest absolute Gasteiger partial charge is 0.270 e. The van der Waals surface area contributed by atoms with E-state index in [0.29, 0.717) is 43.1 Å². The first-order chi connectivity index (χ1) is 16.2. The number of fused-ring (bicyclic) bond motifs is 1. The molecule has 0 radical (unpaired) electrons. The van der Waals surface area contributed by atoms with Gasteiger partial charge in [-0.15, -0.1) is 0 Å². The van der Waals surface area contributed by atoms with Crippen molar-refractivity contribution in [1.29, 1.82) is 0 Å². The number of sulfonamides is 1. The Labute approximate surface area is 198 Å². The molecule has 4 rings (SSSR count). The van der Waals surface area contributed by atoms with Gasteiger partial charge in [-0.25, -0.2) is 8.42 Å². The highest BCUT2D eigenvalue weighted by Crippen LogP contribution is 2.33. The summed E-state index contributed by atoms with van der Waals surface area (Å²) in [7, 11) is -3.90. The maximum Gasteiger partial charge on any atom is 0.270 e. The van der Waals surface area contributed by atoms with E-state index in [1.54, 1.807) is 6.92 Å². The molecular weight excluding hydrogens is 462 g/mol. The summed E-state index contributed by atoms with van der Waals surface area (Å²) >= 11 is 0. The second-order valence-corrected chi connectivity index (χ2v) is 10.4. The Morgan fingerprint density at radius 2 is 1.79 bits per heavy atom. The molecule has 1 saturated heterocycles. The van der Waals surface area contributed by atoms with Gasteiger partial charge in [0, 0.05) is 31.1 Å². The number of nitrogens with zero attached hydrogens (tertiary/aromatic N) is 2. The number of non-ortho nitro benzene ring substituents is 1. The van der Waals surface area contributed by atoms with Crippen molar-refractivity contribution in [3.8, 4) is 11.5 Å². The van der Waals surface area contributed by atoms with Crippen molar-refractivity contribution in [2.45, 2.75) is 37.6 Å². The summed E-state index contributed by atoms with van der Waals surface area (Å²) in [6, 6.07) is 9.13. The lowest BCUT2D eigenvalue weighted by Crippen LogP contribution is -2.43. The maximum absolute atomic E-state index is 13.1. The van der Waals surface area contributed by atoms with Crippen molar-refractivity contribution in [2.24, 2.45) is 5.92 Å². The average molecular weight is 490 g/mol. The van der Waals surface area contributed by atoms with Crippen molar-refractivity contribution in [3.05, 3.63) is 57.6 Å². The Kier molecular flexibility index (Phi) is 6.76. The van der Waals surface area contributed by atoms with Gasteiger partial charge in [-0.2, -0.15) is 4.31 Å². The van der Waals surface area contributed by atoms with Crippen LogP contribution in [0.2, 0.25) is 0 Å². The number of amides is 1. The molecule has 10 nitrogen and oxygen atoms in total. The first-order valence-electron chi connectivity index (χ1n) is 11.1. The third-order valence-corrected chi connectivity index (χ3v) is 8.29. The van der Waals surface area contributed by atoms with Crippen LogP contribution in [-0.2, 0) is 14.8 Å². The summed E-state index contributed by atoms with van der Waals surface area (Å²) in [6.07, 6.45) is 0.736. The van der Waals surface area contributed by atoms with Crippen molar-refractivity contribution < 1.29 is 27.6 Å². The molecule has 0 saturated carbocycles. The number of ether oxygens (including phenoxy) is 2. The monoisotopic (exact) mass is 489 g/mol. The molecule has 0 bridgehead atoms. The van der Waals surface area contributed by atoms with Crippen LogP contribution >= 0.6 is 0 Å². The summed E-state index contributed by atoms with van der Waals surface area (Å²) in [5, 5.41) is 14.1. The molecule has 0 aromatic heterocycles. The molecule has 2 aromatic rings. The normalized spacial score (nSPS) is 17.7. The fourth-order valence-corrected chi connectivity index (χ4v) is 5.94. The minimum atomic E-state index is -3.90. The zero-order valence-corrected chi connectivity index (χ0v) is 19.8. The number of nitrogens with one attached hydrogen (secondary N) is 1. The number of piperidine rings is 1. The van der Waals surface area contributed by atoms with Crippen LogP contribution in [0.15, 0.2) is 41.3 Å². The first kappa shape index (κ1) is 24.0. The largest absolute Gasteiger partial charge is 0.486 e. The molecule has 2 aliphatic heterocycles. The van der Waals surface area contributed by atoms with E-state index in [1.165, 1.54) is 16.4 Å². The molecule has 11 heteroatoms. The summed E-state index contributed by atoms with van der Waals surface area (Å²) in [5.41, 5.74) is 1.06. The van der Waals surface area contributed by atoms with E-state index in [2.05, 4.69) is 5.32 Å². The molecule has 2 heterocycles. The van der Waals surface area contributed by atoms with Crippen LogP contribution in [0.1, 0.15) is 36.9 Å². The Morgan fingerprint density at radius 1 is 1.12 bits per heavy atom. The number of hydrogen-bond acceptors (Lipinski definition) is 7. The predicted molar refractivity (Wildman–Crippen MR) is 123 cm³/mol. The summed E-state index contributed by atoms with van der Waals surface area (Å²) in [5.74, 6) is 0.879. The van der Waals surface area contributed by atoms with Crippen molar-refractivity contribution in [3.63, 3.8) is 0 Å². The number of hydrogen-bond donors (Lipinski definition) is 1. The van der Waals surface area contributed by atoms with E-state index in [1.807, 2.05) is 25.1 Å². The summed E-state index contributed by atoms with van der Waals surface area (Å²) in [4.78, 5) is 23.3. The number of benzene rings is 2. The number of nitro benzene ring substituents is 1. The van der Waals surface area contributed by atoms with Crippen LogP contribution in [0.25, 0.3) is 0 Å². The third kappa shape index (κ3) is 4.85. The fraction of sp³-hybridized carbons (Fsp3) is 0.435. The minimum Gasteiger partial charge on any atom is -0.486 e. The lowest BCUT2D eigenvalue weighted by atomic mass is 9.96. The highest BCUT2D eigenvalue weighted by atomic mass is 32.2. The second kappa shape index (κ2) is 9.59. The Hall–Kier alpha value is -3.18. The zero-order chi connectivity index (χ0) is 24.5. The minimum absolute atomic E-state index is 0.0724. The Balaban J connectivity index is 1.38. The number of aryl methyl sites for hydroxylation is 1. The predicted octanol–water partition coefficient (Wildman–Crippen LogP) is 2.95. The van der Waals surface area contributed by atoms with Gasteiger partial charge in [-0.3, -0.25) is 14.9 Å². The maximum atomic E-state index is 13.1. The summed E-state index contributed by atoms with van der Waals surface area (Å²) < 4.78 is 38.7. The van der Waals surface area contributed by atoms with Gasteiger partial charge >= 0.3 is 0 Å². The van der Waals surface area contributed by atoms with Crippen molar-refractivity contribution in [2.75, 3.05) is 26.3 Å². The van der Waals surface area contributed by atoms with Crippen LogP contribution in [0.3, 0.4) is 0 Å². The standard InChI is InChI=1S/C23H27N3O7S/c1-15-3-5-19(26(28)29)14-22(15)34(30,31)25-9-7-17(8-10-25)23(27)24-16(2)18-4-6-20-21(13-18)33-12-11-32-20/h3-6,13-14,16-17H,7-12H2,1-2H3,(H,24,27)/t16-/m1/s1. The molecule has 0 spiro atoms. The van der Waals surface area contributed by atoms with E-state index < -0.39 is 14.9 Å². The van der Waals surface area contributed by atoms with Gasteiger partial charge in [0.05, 0.1) is 15.9 Å². The number of rotatable bonds is 6. The van der Waals surface area contributed by atoms with Gasteiger partial charge < -0.3 is 14.8 Å². The number of carbonyl (C=O) groups is 1. The molecule has 0 unspecified atom stereocenters. The second-order valence-electron chi connectivity index (χ2n) is 8.52. The third-order valence-electron chi connectivity index (χ3n) is 6.25. The van der Waals surface area contributed by atoms with Crippen LogP contribution in [0.4, 0.5) is 5.69 Å². The fourth-order valence-electron chi connectivity index (χ4n) is 4.22.